The number of fused-ring (bicyclic) bond motifs is 6. The number of phenols is 2. The van der Waals surface area contributed by atoms with Crippen LogP contribution in [0.25, 0.3) is 21.8 Å². The molecule has 74 heavy (non-hydrogen) atoms. The Morgan fingerprint density at radius 1 is 0.595 bits per heavy atom. The maximum atomic E-state index is 14.4. The van der Waals surface area contributed by atoms with Gasteiger partial charge in [-0.25, -0.2) is 0 Å². The highest BCUT2D eigenvalue weighted by molar-refractivity contribution is 5.96. The van der Waals surface area contributed by atoms with E-state index in [1.165, 1.54) is 9.80 Å². The summed E-state index contributed by atoms with van der Waals surface area (Å²) in [4.78, 5) is 97.7. The van der Waals surface area contributed by atoms with Crippen molar-refractivity contribution in [2.75, 3.05) is 54.4 Å². The number of aromatic amines is 2. The molecule has 4 aromatic carbocycles. The van der Waals surface area contributed by atoms with Gasteiger partial charge in [-0.2, -0.15) is 0 Å². The molecule has 6 amide bonds. The molecule has 2 aromatic heterocycles. The van der Waals surface area contributed by atoms with Crippen LogP contribution >= 0.6 is 0 Å². The summed E-state index contributed by atoms with van der Waals surface area (Å²) in [7, 11) is 7.21. The first kappa shape index (κ1) is 52.6. The van der Waals surface area contributed by atoms with E-state index in [1.54, 1.807) is 62.3 Å². The van der Waals surface area contributed by atoms with E-state index in [0.717, 1.165) is 77.7 Å². The second-order valence-corrected chi connectivity index (χ2v) is 20.4. The smallest absolute Gasteiger partial charge is 0.246 e. The molecule has 0 unspecified atom stereocenters. The lowest BCUT2D eigenvalue weighted by Gasteiger charge is -2.29. The van der Waals surface area contributed by atoms with Crippen molar-refractivity contribution in [2.24, 2.45) is 0 Å². The Bertz CT molecular complexity index is 2890. The maximum Gasteiger partial charge on any atom is 0.246 e. The fourth-order valence-electron chi connectivity index (χ4n) is 10.7. The van der Waals surface area contributed by atoms with Crippen LogP contribution in [0.15, 0.2) is 72.8 Å². The Morgan fingerprint density at radius 2 is 0.946 bits per heavy atom. The van der Waals surface area contributed by atoms with E-state index < -0.39 is 47.8 Å². The Hall–Kier alpha value is -7.70. The standard InChI is InChI=1S/C56H68N10O8/c1-31-19-35(67)20-32(2)39(31)25-49(63(5)6)53(71)61-45-23-41-37-13-9-11-15-43(37)59-47(41)27-65(55(45)73)29-51(69)57-17-18-58-52(70)30-66-28-48-42(38-14-10-12-16-44(38)60-48)24-46(56(66)74)62-54(72)50(64(7)8)26-40-33(3)21-36(68)22-34(40)4/h9-16,19-22,45-46,49-50,59-60,67-68H,17-18,23-30H2,1-8H3,(H,57,69)(H,58,70)(H,61,71)(H,62,72)/t45-,46-,49-,50-/m0/s1. The van der Waals surface area contributed by atoms with E-state index in [4.69, 9.17) is 0 Å². The lowest BCUT2D eigenvalue weighted by molar-refractivity contribution is -0.140. The van der Waals surface area contributed by atoms with E-state index >= 15 is 0 Å². The van der Waals surface area contributed by atoms with Crippen LogP contribution < -0.4 is 21.3 Å². The summed E-state index contributed by atoms with van der Waals surface area (Å²) in [5.41, 5.74) is 10.3. The zero-order valence-corrected chi connectivity index (χ0v) is 43.4. The number of rotatable bonds is 17. The molecule has 0 saturated carbocycles. The van der Waals surface area contributed by atoms with Crippen LogP contribution in [0.3, 0.4) is 0 Å². The largest absolute Gasteiger partial charge is 0.508 e. The summed E-state index contributed by atoms with van der Waals surface area (Å²) >= 11 is 0. The third kappa shape index (κ3) is 11.6. The van der Waals surface area contributed by atoms with Gasteiger partial charge in [0.1, 0.15) is 23.6 Å². The minimum Gasteiger partial charge on any atom is -0.508 e. The van der Waals surface area contributed by atoms with Gasteiger partial charge in [0.15, 0.2) is 0 Å². The molecule has 0 saturated heterocycles. The highest BCUT2D eigenvalue weighted by Gasteiger charge is 2.38. The van der Waals surface area contributed by atoms with Gasteiger partial charge in [-0.1, -0.05) is 36.4 Å². The Balaban J connectivity index is 0.913. The quantitative estimate of drug-likeness (QED) is 0.0621. The van der Waals surface area contributed by atoms with Gasteiger partial charge in [-0.05, 0) is 150 Å². The van der Waals surface area contributed by atoms with Gasteiger partial charge in [0.25, 0.3) is 0 Å². The maximum absolute atomic E-state index is 14.4. The van der Waals surface area contributed by atoms with Gasteiger partial charge in [-0.3, -0.25) is 38.6 Å². The van der Waals surface area contributed by atoms with Crippen molar-refractivity contribution >= 4 is 57.2 Å². The summed E-state index contributed by atoms with van der Waals surface area (Å²) in [5.74, 6) is -2.18. The average Bonchev–Trinajstić information content (AvgIpc) is 3.78. The van der Waals surface area contributed by atoms with E-state index in [9.17, 15) is 39.0 Å². The number of likely N-dealkylation sites (N-methyl/N-ethyl adjacent to an activating group) is 2. The topological polar surface area (TPSA) is 236 Å². The molecule has 18 heteroatoms. The van der Waals surface area contributed by atoms with Crippen LogP contribution in [-0.2, 0) is 67.5 Å². The number of para-hydroxylation sites is 2. The van der Waals surface area contributed by atoms with E-state index in [1.807, 2.05) is 76.2 Å². The minimum atomic E-state index is -0.983. The van der Waals surface area contributed by atoms with Gasteiger partial charge in [0.05, 0.1) is 38.3 Å². The highest BCUT2D eigenvalue weighted by Crippen LogP contribution is 2.31. The van der Waals surface area contributed by atoms with Crippen LogP contribution in [0.5, 0.6) is 11.5 Å². The molecule has 8 rings (SSSR count). The number of H-pyrrole nitrogens is 2. The first-order valence-corrected chi connectivity index (χ1v) is 25.1. The first-order valence-electron chi connectivity index (χ1n) is 25.1. The van der Waals surface area contributed by atoms with E-state index in [2.05, 4.69) is 31.2 Å². The van der Waals surface area contributed by atoms with Crippen molar-refractivity contribution in [1.29, 1.82) is 0 Å². The SMILES string of the molecule is Cc1cc(O)cc(C)c1C[C@@H](C(=O)N[C@H]1Cc2c([nH]c3ccccc23)CN(CC(=O)NCCNC(=O)CN2Cc3[nH]c4ccccc4c3C[C@H](NC(=O)[C@H](Cc3c(C)cc(O)cc3C)N(C)C)C2=O)C1=O)N(C)C. The number of hydrogen-bond acceptors (Lipinski definition) is 10. The molecular formula is C56H68N10O8. The molecule has 4 heterocycles. The molecule has 0 fully saturated rings. The van der Waals surface area contributed by atoms with Crippen molar-refractivity contribution < 1.29 is 39.0 Å². The number of amides is 6. The van der Waals surface area contributed by atoms with Crippen molar-refractivity contribution in [3.8, 4) is 11.5 Å². The Labute approximate surface area is 430 Å². The molecule has 2 aliphatic heterocycles. The summed E-state index contributed by atoms with van der Waals surface area (Å²) < 4.78 is 0. The number of nitrogens with zero attached hydrogens (tertiary/aromatic N) is 4. The van der Waals surface area contributed by atoms with Gasteiger partial charge >= 0.3 is 0 Å². The van der Waals surface area contributed by atoms with Crippen LogP contribution in [0, 0.1) is 27.7 Å². The number of aryl methyl sites for hydroxylation is 4. The van der Waals surface area contributed by atoms with Crippen molar-refractivity contribution in [1.82, 2.24) is 50.8 Å². The fourth-order valence-corrected chi connectivity index (χ4v) is 10.7. The molecule has 18 nitrogen and oxygen atoms in total. The lowest BCUT2D eigenvalue weighted by atomic mass is 9.94. The molecule has 0 bridgehead atoms. The molecule has 4 atom stereocenters. The summed E-state index contributed by atoms with van der Waals surface area (Å²) in [6.45, 7) is 7.16. The lowest BCUT2D eigenvalue weighted by Crippen LogP contribution is -2.55. The second kappa shape index (κ2) is 22.2. The fraction of sp³-hybridized carbons (Fsp3) is 0.393. The van der Waals surface area contributed by atoms with E-state index in [0.29, 0.717) is 12.8 Å². The van der Waals surface area contributed by atoms with Crippen LogP contribution in [-0.4, -0.2) is 154 Å². The molecule has 390 valence electrons. The van der Waals surface area contributed by atoms with Gasteiger partial charge in [0.2, 0.25) is 35.4 Å². The zero-order valence-electron chi connectivity index (χ0n) is 43.4. The number of carbonyl (C=O) groups is 6. The first-order chi connectivity index (χ1) is 35.3. The number of phenolic OH excluding ortho intramolecular Hbond substituents is 2. The van der Waals surface area contributed by atoms with Crippen molar-refractivity contribution in [2.45, 2.75) is 90.6 Å². The molecule has 8 N–H and O–H groups in total. The Kier molecular flexibility index (Phi) is 15.8. The minimum absolute atomic E-state index is 0.0235. The summed E-state index contributed by atoms with van der Waals surface area (Å²) in [6, 6.07) is 18.9. The molecule has 0 radical (unpaired) electrons. The highest BCUT2D eigenvalue weighted by atomic mass is 16.3. The third-order valence-corrected chi connectivity index (χ3v) is 14.6. The number of benzene rings is 4. The summed E-state index contributed by atoms with van der Waals surface area (Å²) in [5, 5.41) is 33.8. The van der Waals surface area contributed by atoms with Crippen LogP contribution in [0.4, 0.5) is 0 Å². The number of carbonyl (C=O) groups excluding carboxylic acids is 6. The molecule has 2 aliphatic rings. The normalized spacial score (nSPS) is 16.7. The van der Waals surface area contributed by atoms with Crippen LogP contribution in [0.2, 0.25) is 0 Å². The van der Waals surface area contributed by atoms with Gasteiger partial charge in [-0.15, -0.1) is 0 Å². The van der Waals surface area contributed by atoms with Crippen molar-refractivity contribution in [3.63, 3.8) is 0 Å². The molecule has 0 aliphatic carbocycles. The number of aromatic hydroxyl groups is 2. The Morgan fingerprint density at radius 3 is 1.30 bits per heavy atom. The molecular weight excluding hydrogens is 941 g/mol. The average molecular weight is 1010 g/mol. The number of aromatic nitrogens is 2. The predicted molar refractivity (Wildman–Crippen MR) is 282 cm³/mol. The molecule has 0 spiro atoms. The zero-order chi connectivity index (χ0) is 53.1. The van der Waals surface area contributed by atoms with Gasteiger partial charge in [0, 0.05) is 59.1 Å². The van der Waals surface area contributed by atoms with E-state index in [-0.39, 0.29) is 75.4 Å². The van der Waals surface area contributed by atoms with Gasteiger partial charge < -0.3 is 51.2 Å². The summed E-state index contributed by atoms with van der Waals surface area (Å²) in [6.07, 6.45) is 1.10. The monoisotopic (exact) mass is 1010 g/mol. The third-order valence-electron chi connectivity index (χ3n) is 14.6. The predicted octanol–water partition coefficient (Wildman–Crippen LogP) is 3.31. The molecule has 6 aromatic rings. The number of nitrogens with one attached hydrogen (secondary N) is 6. The number of hydrogen-bond donors (Lipinski definition) is 8. The second-order valence-electron chi connectivity index (χ2n) is 20.4. The van der Waals surface area contributed by atoms with Crippen LogP contribution in [0.1, 0.15) is 55.9 Å². The van der Waals surface area contributed by atoms with Crippen molar-refractivity contribution in [3.05, 3.63) is 129 Å².